The molecular weight excluding hydrogens is 1330 g/mol. The predicted octanol–water partition coefficient (Wildman–Crippen LogP) is -1.13. The van der Waals surface area contributed by atoms with Crippen molar-refractivity contribution in [2.75, 3.05) is 91.8 Å². The smallest absolute Gasteiger partial charge is 0.446 e. The molecule has 0 radical (unpaired) electrons. The molecule has 0 unspecified atom stereocenters. The number of rotatable bonds is 22. The molecule has 2 aromatic carbocycles. The first kappa shape index (κ1) is 76.9. The van der Waals surface area contributed by atoms with Gasteiger partial charge in [-0.1, -0.05) is 43.6 Å². The molecule has 0 bridgehead atoms. The number of nitrogens with one attached hydrogen (secondary N) is 6. The molecule has 6 amide bonds. The Balaban J connectivity index is 0.926. The molecule has 33 heteroatoms. The molecule has 13 atom stereocenters. The number of aromatic hydroxyl groups is 1. The average molecular weight is 1430 g/mol. The molecule has 3 aromatic rings. The van der Waals surface area contributed by atoms with Crippen molar-refractivity contribution in [1.29, 1.82) is 0 Å². The van der Waals surface area contributed by atoms with Crippen molar-refractivity contribution in [3.63, 3.8) is 0 Å². The van der Waals surface area contributed by atoms with Crippen LogP contribution in [0.2, 0.25) is 0 Å². The normalized spacial score (nSPS) is 29.2. The van der Waals surface area contributed by atoms with Crippen LogP contribution in [-0.2, 0) is 55.1 Å². The van der Waals surface area contributed by atoms with Crippen molar-refractivity contribution in [2.24, 2.45) is 17.8 Å². The van der Waals surface area contributed by atoms with E-state index in [2.05, 4.69) is 75.4 Å². The van der Waals surface area contributed by atoms with Gasteiger partial charge >= 0.3 is 10.4 Å². The monoisotopic (exact) mass is 1430 g/mol. The van der Waals surface area contributed by atoms with Crippen LogP contribution in [-0.4, -0.2) is 274 Å². The number of phenolic OH excluding ortho intramolecular Hbond substituents is 1. The number of piperidine rings is 1. The van der Waals surface area contributed by atoms with E-state index in [4.69, 9.17) is 9.47 Å². The Kier molecular flexibility index (Phi) is 26.8. The van der Waals surface area contributed by atoms with Crippen molar-refractivity contribution in [3.05, 3.63) is 53.0 Å². The number of benzene rings is 2. The Hall–Kier alpha value is -6.31. The summed E-state index contributed by atoms with van der Waals surface area (Å²) in [6, 6.07) is 0.757. The maximum atomic E-state index is 15.0. The maximum absolute atomic E-state index is 15.0. The number of ether oxygens (including phenoxy) is 2. The minimum absolute atomic E-state index is 0.0106. The van der Waals surface area contributed by atoms with Gasteiger partial charge in [-0.15, -0.1) is 10.2 Å². The van der Waals surface area contributed by atoms with Crippen molar-refractivity contribution in [2.45, 2.75) is 188 Å². The van der Waals surface area contributed by atoms with Gasteiger partial charge in [0.2, 0.25) is 35.4 Å². The van der Waals surface area contributed by atoms with Gasteiger partial charge in [0.15, 0.2) is 11.5 Å². The van der Waals surface area contributed by atoms with Crippen LogP contribution in [0.25, 0.3) is 10.6 Å². The highest BCUT2D eigenvalue weighted by atomic mass is 32.3. The number of carbonyl (C=O) groups is 6. The van der Waals surface area contributed by atoms with Crippen LogP contribution >= 0.6 is 11.3 Å². The third-order valence-electron chi connectivity index (χ3n) is 20.5. The lowest BCUT2D eigenvalue weighted by Crippen LogP contribution is -2.64. The van der Waals surface area contributed by atoms with E-state index >= 15 is 4.79 Å². The van der Waals surface area contributed by atoms with E-state index in [1.54, 1.807) is 18.3 Å². The van der Waals surface area contributed by atoms with Gasteiger partial charge < -0.3 is 95.6 Å². The standard InChI is InChI=1S/C66H100N12O19S2/c1-37-33-78-56(57(37)85)61(89)69-32-45(80)29-47(68-31-39-11-14-41(15-12-39)62-73-74-63(98-62)42-16-18-44(19-17-42)76-24-21-66(95-5,22-25-76)43-9-7-6-8-10-43)58(86)70-53(38(2)79)64(90)77-34-46(81)30-48(77)59(87)71-54(50(83)27-40-13-20-49(82)52(28-40)97-99(92,93)94)60(88)72-55(65(78)91)51(84)35-96-36-67-23-26-75(3)4/h13,16-20,28,37-39,41,43,45-48,50-51,53-57,67-68,79-85H,6-12,14-15,21-27,29-36H2,1-5H3,(H,69,89)(H,70,86)(H,71,87)(H,72,88)(H,92,93,94)/t37-,38+,39-,41-,45+,46+,47-,48-,50+,51+,53-,54-,55-,56-,57-/m0/s1. The first-order valence-corrected chi connectivity index (χ1v) is 36.6. The summed E-state index contributed by atoms with van der Waals surface area (Å²) in [6.45, 7) is 3.71. The first-order valence-electron chi connectivity index (χ1n) is 34.4. The number of aromatic nitrogens is 2. The van der Waals surface area contributed by atoms with Gasteiger partial charge in [-0.25, -0.2) is 0 Å². The zero-order valence-electron chi connectivity index (χ0n) is 56.8. The molecule has 6 fully saturated rings. The number of β-amino-alcohol motifs (C(OH)–C–C–N with tert-alkyl or cyclic N) is 1. The molecule has 1 aromatic heterocycles. The SMILES string of the molecule is COC1(C2CCCCC2)CCN(c2ccc(-c3nnc([C@H]4CC[C@H](CN[C@H]5C[C@@H](O)CNC(=O)[C@@H]6[C@@H](O)[C@@H](C)CN6C(=O)[C@H]([C@H](O)COCNCCN(C)C)NC(=O)[C@H]([C@H](O)Cc6ccc(O)c(OS(=O)(=O)O)c6)NC(=O)[C@@H]6C[C@@H](O)CN6C(=O)[C@H]([C@@H](C)O)NC5=O)CC4)s3)cc2)CC1. The molecule has 550 valence electrons. The summed E-state index contributed by atoms with van der Waals surface area (Å²) in [5.41, 5.74) is 2.02. The number of nitrogens with zero attached hydrogens (tertiary/aromatic N) is 6. The lowest BCUT2D eigenvalue weighted by Gasteiger charge is -2.47. The summed E-state index contributed by atoms with van der Waals surface area (Å²) in [6.07, 6.45) is -0.427. The molecule has 14 N–H and O–H groups in total. The second-order valence-corrected chi connectivity index (χ2v) is 29.9. The highest BCUT2D eigenvalue weighted by Gasteiger charge is 2.50. The van der Waals surface area contributed by atoms with Gasteiger partial charge in [0, 0.05) is 88.9 Å². The summed E-state index contributed by atoms with van der Waals surface area (Å²) < 4.78 is 49.1. The van der Waals surface area contributed by atoms with Gasteiger partial charge in [-0.2, -0.15) is 8.42 Å². The number of methoxy groups -OCH3 is 1. The number of hydrogen-bond acceptors (Lipinski definition) is 25. The van der Waals surface area contributed by atoms with E-state index in [0.29, 0.717) is 31.8 Å². The van der Waals surface area contributed by atoms with E-state index in [9.17, 15) is 72.7 Å². The number of phenols is 1. The van der Waals surface area contributed by atoms with E-state index in [-0.39, 0.29) is 42.8 Å². The molecular formula is C66H100N12O19S2. The number of carbonyl (C=O) groups excluding carboxylic acids is 6. The fourth-order valence-electron chi connectivity index (χ4n) is 14.7. The zero-order valence-corrected chi connectivity index (χ0v) is 58.5. The van der Waals surface area contributed by atoms with Crippen LogP contribution in [0.3, 0.4) is 0 Å². The minimum atomic E-state index is -5.21. The molecule has 9 rings (SSSR count). The molecule has 4 saturated heterocycles. The largest absolute Gasteiger partial charge is 0.504 e. The summed E-state index contributed by atoms with van der Waals surface area (Å²) >= 11 is 1.56. The second kappa shape index (κ2) is 34.6. The highest BCUT2D eigenvalue weighted by Crippen LogP contribution is 2.43. The van der Waals surface area contributed by atoms with Gasteiger partial charge in [0.1, 0.15) is 46.3 Å². The number of amides is 6. The predicted molar refractivity (Wildman–Crippen MR) is 361 cm³/mol. The van der Waals surface area contributed by atoms with Gasteiger partial charge in [-0.05, 0) is 139 Å². The van der Waals surface area contributed by atoms with Crippen molar-refractivity contribution in [1.82, 2.24) is 56.8 Å². The highest BCUT2D eigenvalue weighted by molar-refractivity contribution is 7.81. The van der Waals surface area contributed by atoms with Crippen LogP contribution < -0.4 is 41.0 Å². The van der Waals surface area contributed by atoms with Gasteiger partial charge in [0.25, 0.3) is 0 Å². The topological polar surface area (TPSA) is 437 Å². The molecule has 4 aliphatic heterocycles. The minimum Gasteiger partial charge on any atom is -0.504 e. The van der Waals surface area contributed by atoms with E-state index in [1.165, 1.54) is 45.1 Å². The third-order valence-corrected chi connectivity index (χ3v) is 22.0. The van der Waals surface area contributed by atoms with E-state index in [0.717, 1.165) is 82.0 Å². The Morgan fingerprint density at radius 3 is 2.13 bits per heavy atom. The molecule has 6 aliphatic rings. The second-order valence-electron chi connectivity index (χ2n) is 27.9. The van der Waals surface area contributed by atoms with Crippen LogP contribution in [0.15, 0.2) is 42.5 Å². The Morgan fingerprint density at radius 2 is 1.46 bits per heavy atom. The van der Waals surface area contributed by atoms with E-state index < -0.39 is 175 Å². The summed E-state index contributed by atoms with van der Waals surface area (Å²) in [7, 11) is 0.356. The van der Waals surface area contributed by atoms with Crippen molar-refractivity contribution >= 4 is 62.9 Å². The molecule has 99 heavy (non-hydrogen) atoms. The first-order chi connectivity index (χ1) is 47.1. The molecule has 2 aliphatic carbocycles. The van der Waals surface area contributed by atoms with E-state index in [1.807, 2.05) is 26.1 Å². The maximum Gasteiger partial charge on any atom is 0.446 e. The molecule has 2 saturated carbocycles. The fourth-order valence-corrected chi connectivity index (χ4v) is 16.1. The number of fused-ring (bicyclic) bond motifs is 2. The summed E-state index contributed by atoms with van der Waals surface area (Å²) in [5, 5.41) is 107. The number of aliphatic hydroxyl groups excluding tert-OH is 6. The number of anilines is 1. The molecule has 0 spiro atoms. The van der Waals surface area contributed by atoms with Gasteiger partial charge in [-0.3, -0.25) is 38.6 Å². The van der Waals surface area contributed by atoms with Crippen LogP contribution in [0.1, 0.15) is 114 Å². The van der Waals surface area contributed by atoms with Crippen molar-refractivity contribution < 1.29 is 91.1 Å². The Morgan fingerprint density at radius 1 is 0.788 bits per heavy atom. The summed E-state index contributed by atoms with van der Waals surface area (Å²) in [4.78, 5) is 94.6. The van der Waals surface area contributed by atoms with Crippen LogP contribution in [0, 0.1) is 17.8 Å². The van der Waals surface area contributed by atoms with Crippen molar-refractivity contribution in [3.8, 4) is 22.1 Å². The molecule has 31 nitrogen and oxygen atoms in total. The number of likely N-dealkylation sites (N-methyl/N-ethyl adjacent to an activating group) is 1. The van der Waals surface area contributed by atoms with Crippen LogP contribution in [0.5, 0.6) is 11.5 Å². The Labute approximate surface area is 581 Å². The number of aliphatic hydroxyl groups is 6. The lowest BCUT2D eigenvalue weighted by molar-refractivity contribution is -0.148. The van der Waals surface area contributed by atoms with Crippen LogP contribution in [0.4, 0.5) is 5.69 Å². The van der Waals surface area contributed by atoms with Gasteiger partial charge in [0.05, 0.1) is 55.5 Å². The number of hydrogen-bond donors (Lipinski definition) is 14. The quantitative estimate of drug-likeness (QED) is 0.0321. The summed E-state index contributed by atoms with van der Waals surface area (Å²) in [5.74, 6) is -8.21. The average Bonchev–Trinajstić information content (AvgIpc) is 1.43. The molecule has 5 heterocycles. The Bertz CT molecular complexity index is 3330. The third kappa shape index (κ3) is 19.9. The zero-order chi connectivity index (χ0) is 71.5. The fraction of sp³-hybridized carbons (Fsp3) is 0.697. The lowest BCUT2D eigenvalue weighted by atomic mass is 9.72.